The van der Waals surface area contributed by atoms with Gasteiger partial charge in [-0.1, -0.05) is 30.0 Å². The number of hydrogen-bond donors (Lipinski definition) is 0. The van der Waals surface area contributed by atoms with Gasteiger partial charge in [-0.15, -0.1) is 5.10 Å². The summed E-state index contributed by atoms with van der Waals surface area (Å²) in [5.74, 6) is -0.189. The van der Waals surface area contributed by atoms with Gasteiger partial charge in [0.05, 0.1) is 12.3 Å². The highest BCUT2D eigenvalue weighted by molar-refractivity contribution is 8.00. The van der Waals surface area contributed by atoms with E-state index < -0.39 is 0 Å². The number of benzene rings is 1. The Balaban J connectivity index is 1.96. The van der Waals surface area contributed by atoms with Crippen molar-refractivity contribution in [2.45, 2.75) is 30.7 Å². The zero-order valence-electron chi connectivity index (χ0n) is 11.2. The number of thioether (sulfide) groups is 1. The van der Waals surface area contributed by atoms with Crippen LogP contribution < -0.4 is 0 Å². The molecule has 104 valence electrons. The number of carbonyl (C=O) groups excluding carboxylic acids is 1. The highest BCUT2D eigenvalue weighted by atomic mass is 32.2. The standard InChI is InChI=1S/C13H14N4O2S/c1-8-4-3-5-9(2)11(8)17-13(14-15-16-17)20-10-6-7-19-12(10)18/h3-5,10H,6-7H2,1-2H3/t10-/m1/s1. The van der Waals surface area contributed by atoms with Crippen molar-refractivity contribution in [3.8, 4) is 5.69 Å². The van der Waals surface area contributed by atoms with Gasteiger partial charge in [-0.05, 0) is 35.4 Å². The van der Waals surface area contributed by atoms with E-state index in [1.54, 1.807) is 4.68 Å². The number of rotatable bonds is 3. The van der Waals surface area contributed by atoms with Gasteiger partial charge in [0.2, 0.25) is 5.16 Å². The second-order valence-electron chi connectivity index (χ2n) is 4.68. The molecule has 1 aromatic heterocycles. The van der Waals surface area contributed by atoms with Crippen LogP contribution in [0.1, 0.15) is 17.5 Å². The maximum Gasteiger partial charge on any atom is 0.319 e. The van der Waals surface area contributed by atoms with Gasteiger partial charge in [-0.25, -0.2) is 0 Å². The minimum atomic E-state index is -0.218. The Bertz CT molecular complexity index is 635. The fraction of sp³-hybridized carbons (Fsp3) is 0.385. The van der Waals surface area contributed by atoms with Gasteiger partial charge in [0.15, 0.2) is 0 Å². The minimum absolute atomic E-state index is 0.189. The molecule has 0 unspecified atom stereocenters. The number of aromatic nitrogens is 4. The van der Waals surface area contributed by atoms with E-state index in [2.05, 4.69) is 15.5 Å². The van der Waals surface area contributed by atoms with E-state index in [1.807, 2.05) is 32.0 Å². The topological polar surface area (TPSA) is 69.9 Å². The molecule has 1 aliphatic heterocycles. The first-order chi connectivity index (χ1) is 9.66. The van der Waals surface area contributed by atoms with Crippen molar-refractivity contribution < 1.29 is 9.53 Å². The fourth-order valence-corrected chi connectivity index (χ4v) is 3.19. The molecule has 1 fully saturated rings. The van der Waals surface area contributed by atoms with Gasteiger partial charge < -0.3 is 4.74 Å². The molecule has 0 saturated carbocycles. The van der Waals surface area contributed by atoms with Crippen LogP contribution in [0.4, 0.5) is 0 Å². The summed E-state index contributed by atoms with van der Waals surface area (Å²) >= 11 is 1.36. The largest absolute Gasteiger partial charge is 0.465 e. The second kappa shape index (κ2) is 5.24. The molecule has 1 aromatic carbocycles. The van der Waals surface area contributed by atoms with E-state index >= 15 is 0 Å². The maximum atomic E-state index is 11.6. The van der Waals surface area contributed by atoms with Crippen LogP contribution in [0.15, 0.2) is 23.4 Å². The molecule has 0 amide bonds. The van der Waals surface area contributed by atoms with E-state index in [0.29, 0.717) is 18.2 Å². The number of hydrogen-bond acceptors (Lipinski definition) is 6. The predicted molar refractivity (Wildman–Crippen MR) is 73.8 cm³/mol. The van der Waals surface area contributed by atoms with Crippen LogP contribution in [-0.4, -0.2) is 38.0 Å². The molecule has 0 bridgehead atoms. The number of para-hydroxylation sites is 1. The van der Waals surface area contributed by atoms with Crippen LogP contribution in [0, 0.1) is 13.8 Å². The minimum Gasteiger partial charge on any atom is -0.465 e. The molecule has 0 radical (unpaired) electrons. The molecule has 0 aliphatic carbocycles. The number of tetrazole rings is 1. The summed E-state index contributed by atoms with van der Waals surface area (Å²) < 4.78 is 6.67. The summed E-state index contributed by atoms with van der Waals surface area (Å²) in [5, 5.41) is 12.2. The van der Waals surface area contributed by atoms with Crippen LogP contribution in [0.3, 0.4) is 0 Å². The second-order valence-corrected chi connectivity index (χ2v) is 5.85. The van der Waals surface area contributed by atoms with Crippen molar-refractivity contribution in [1.82, 2.24) is 20.2 Å². The number of esters is 1. The van der Waals surface area contributed by atoms with Gasteiger partial charge in [0.1, 0.15) is 5.25 Å². The summed E-state index contributed by atoms with van der Waals surface area (Å²) in [6, 6.07) is 6.03. The van der Waals surface area contributed by atoms with Crippen LogP contribution in [-0.2, 0) is 9.53 Å². The third-order valence-electron chi connectivity index (χ3n) is 3.23. The van der Waals surface area contributed by atoms with E-state index in [0.717, 1.165) is 16.8 Å². The summed E-state index contributed by atoms with van der Waals surface area (Å²) in [4.78, 5) is 11.6. The summed E-state index contributed by atoms with van der Waals surface area (Å²) in [7, 11) is 0. The first-order valence-corrected chi connectivity index (χ1v) is 7.23. The number of nitrogens with zero attached hydrogens (tertiary/aromatic N) is 4. The van der Waals surface area contributed by atoms with Gasteiger partial charge in [-0.3, -0.25) is 4.79 Å². The normalized spacial score (nSPS) is 18.3. The van der Waals surface area contributed by atoms with Gasteiger partial charge >= 0.3 is 5.97 Å². The Morgan fingerprint density at radius 2 is 2.10 bits per heavy atom. The van der Waals surface area contributed by atoms with Gasteiger partial charge in [0.25, 0.3) is 0 Å². The Kier molecular flexibility index (Phi) is 3.43. The summed E-state index contributed by atoms with van der Waals surface area (Å²) in [6.45, 7) is 4.51. The van der Waals surface area contributed by atoms with Crippen LogP contribution >= 0.6 is 11.8 Å². The molecule has 0 spiro atoms. The van der Waals surface area contributed by atoms with Crippen LogP contribution in [0.5, 0.6) is 0 Å². The molecule has 2 aromatic rings. The van der Waals surface area contributed by atoms with Gasteiger partial charge in [0, 0.05) is 6.42 Å². The predicted octanol–water partition coefficient (Wildman–Crippen LogP) is 1.69. The zero-order chi connectivity index (χ0) is 14.1. The lowest BCUT2D eigenvalue weighted by Crippen LogP contribution is -2.12. The third kappa shape index (κ3) is 2.29. The number of aryl methyl sites for hydroxylation is 2. The van der Waals surface area contributed by atoms with Gasteiger partial charge in [-0.2, -0.15) is 4.68 Å². The van der Waals surface area contributed by atoms with Crippen molar-refractivity contribution in [1.29, 1.82) is 0 Å². The van der Waals surface area contributed by atoms with Crippen molar-refractivity contribution in [3.05, 3.63) is 29.3 Å². The molecule has 0 N–H and O–H groups in total. The van der Waals surface area contributed by atoms with Crippen molar-refractivity contribution in [3.63, 3.8) is 0 Å². The van der Waals surface area contributed by atoms with Crippen molar-refractivity contribution >= 4 is 17.7 Å². The third-order valence-corrected chi connectivity index (χ3v) is 4.41. The summed E-state index contributed by atoms with van der Waals surface area (Å²) in [6.07, 6.45) is 0.698. The number of cyclic esters (lactones) is 1. The molecule has 1 aliphatic rings. The number of ether oxygens (including phenoxy) is 1. The first kappa shape index (κ1) is 13.1. The van der Waals surface area contributed by atoms with Crippen molar-refractivity contribution in [2.24, 2.45) is 0 Å². The van der Waals surface area contributed by atoms with E-state index in [9.17, 15) is 4.79 Å². The van der Waals surface area contributed by atoms with Crippen LogP contribution in [0.2, 0.25) is 0 Å². The maximum absolute atomic E-state index is 11.6. The Labute approximate surface area is 120 Å². The Morgan fingerprint density at radius 3 is 2.75 bits per heavy atom. The highest BCUT2D eigenvalue weighted by Gasteiger charge is 2.30. The molecule has 7 heteroatoms. The molecular formula is C13H14N4O2S. The van der Waals surface area contributed by atoms with E-state index in [4.69, 9.17) is 4.74 Å². The lowest BCUT2D eigenvalue weighted by atomic mass is 10.1. The zero-order valence-corrected chi connectivity index (χ0v) is 12.1. The molecule has 20 heavy (non-hydrogen) atoms. The lowest BCUT2D eigenvalue weighted by molar-refractivity contribution is -0.137. The molecule has 1 atom stereocenters. The van der Waals surface area contributed by atoms with E-state index in [-0.39, 0.29) is 11.2 Å². The fourth-order valence-electron chi connectivity index (χ4n) is 2.24. The van der Waals surface area contributed by atoms with E-state index in [1.165, 1.54) is 11.8 Å². The molecule has 6 nitrogen and oxygen atoms in total. The first-order valence-electron chi connectivity index (χ1n) is 6.35. The van der Waals surface area contributed by atoms with Crippen molar-refractivity contribution in [2.75, 3.05) is 6.61 Å². The highest BCUT2D eigenvalue weighted by Crippen LogP contribution is 2.30. The Hall–Kier alpha value is -1.89. The SMILES string of the molecule is Cc1cccc(C)c1-n1nnnc1S[C@@H]1CCOC1=O. The van der Waals surface area contributed by atoms with Crippen LogP contribution in [0.25, 0.3) is 5.69 Å². The summed E-state index contributed by atoms with van der Waals surface area (Å²) in [5.41, 5.74) is 3.15. The monoisotopic (exact) mass is 290 g/mol. The quantitative estimate of drug-likeness (QED) is 0.801. The molecule has 3 rings (SSSR count). The molecule has 2 heterocycles. The smallest absolute Gasteiger partial charge is 0.319 e. The lowest BCUT2D eigenvalue weighted by Gasteiger charge is -2.11. The molecular weight excluding hydrogens is 276 g/mol. The molecule has 1 saturated heterocycles. The Morgan fingerprint density at radius 1 is 1.35 bits per heavy atom. The number of carbonyl (C=O) groups is 1. The average molecular weight is 290 g/mol. The average Bonchev–Trinajstić information content (AvgIpc) is 3.01.